The van der Waals surface area contributed by atoms with Gasteiger partial charge in [0, 0.05) is 30.7 Å². The Morgan fingerprint density at radius 1 is 1.29 bits per heavy atom. The fraction of sp³-hybridized carbons (Fsp3) is 1.00. The Labute approximate surface area is 105 Å². The SMILES string of the molecule is CC1CC(CN)(N2CCOCC2C)CCN1C. The quantitative estimate of drug-likeness (QED) is 0.765. The fourth-order valence-corrected chi connectivity index (χ4v) is 3.41. The molecule has 2 rings (SSSR count). The monoisotopic (exact) mass is 241 g/mol. The van der Waals surface area contributed by atoms with Gasteiger partial charge in [0.05, 0.1) is 13.2 Å². The molecule has 3 unspecified atom stereocenters. The number of likely N-dealkylation sites (tertiary alicyclic amines) is 1. The zero-order chi connectivity index (χ0) is 12.5. The van der Waals surface area contributed by atoms with E-state index in [0.29, 0.717) is 12.1 Å². The van der Waals surface area contributed by atoms with Gasteiger partial charge in [-0.3, -0.25) is 4.90 Å². The van der Waals surface area contributed by atoms with Crippen LogP contribution in [-0.4, -0.2) is 67.3 Å². The number of nitrogens with two attached hydrogens (primary N) is 1. The highest BCUT2D eigenvalue weighted by atomic mass is 16.5. The molecule has 2 aliphatic rings. The minimum absolute atomic E-state index is 0.203. The molecule has 4 heteroatoms. The van der Waals surface area contributed by atoms with Gasteiger partial charge in [-0.05, 0) is 40.3 Å². The van der Waals surface area contributed by atoms with Gasteiger partial charge in [-0.25, -0.2) is 0 Å². The second-order valence-corrected chi connectivity index (χ2v) is 5.83. The molecule has 100 valence electrons. The molecule has 2 saturated heterocycles. The van der Waals surface area contributed by atoms with Crippen LogP contribution < -0.4 is 5.73 Å². The van der Waals surface area contributed by atoms with Gasteiger partial charge >= 0.3 is 0 Å². The zero-order valence-corrected chi connectivity index (χ0v) is 11.5. The van der Waals surface area contributed by atoms with Gasteiger partial charge in [-0.1, -0.05) is 0 Å². The highest BCUT2D eigenvalue weighted by molar-refractivity contribution is 5.00. The molecule has 0 amide bonds. The van der Waals surface area contributed by atoms with Crippen molar-refractivity contribution in [3.8, 4) is 0 Å². The number of morpholine rings is 1. The lowest BCUT2D eigenvalue weighted by molar-refractivity contribution is -0.0819. The minimum Gasteiger partial charge on any atom is -0.379 e. The molecular weight excluding hydrogens is 214 g/mol. The summed E-state index contributed by atoms with van der Waals surface area (Å²) in [6.45, 7) is 9.25. The topological polar surface area (TPSA) is 41.7 Å². The molecule has 17 heavy (non-hydrogen) atoms. The standard InChI is InChI=1S/C13H27N3O/c1-11-8-13(10-14,4-5-15(11)3)16-6-7-17-9-12(16)2/h11-12H,4-10,14H2,1-3H3. The Morgan fingerprint density at radius 2 is 2.06 bits per heavy atom. The van der Waals surface area contributed by atoms with Crippen molar-refractivity contribution in [3.05, 3.63) is 0 Å². The number of hydrogen-bond acceptors (Lipinski definition) is 4. The van der Waals surface area contributed by atoms with E-state index in [0.717, 1.165) is 32.8 Å². The second kappa shape index (κ2) is 5.22. The molecular formula is C13H27N3O. The van der Waals surface area contributed by atoms with Gasteiger partial charge in [0.1, 0.15) is 0 Å². The van der Waals surface area contributed by atoms with E-state index in [1.807, 2.05) is 0 Å². The first-order chi connectivity index (χ1) is 8.09. The van der Waals surface area contributed by atoms with E-state index in [1.165, 1.54) is 12.8 Å². The van der Waals surface area contributed by atoms with Gasteiger partial charge in [-0.15, -0.1) is 0 Å². The number of ether oxygens (including phenoxy) is 1. The summed E-state index contributed by atoms with van der Waals surface area (Å²) >= 11 is 0. The summed E-state index contributed by atoms with van der Waals surface area (Å²) in [4.78, 5) is 5.05. The van der Waals surface area contributed by atoms with Crippen molar-refractivity contribution in [3.63, 3.8) is 0 Å². The fourth-order valence-electron chi connectivity index (χ4n) is 3.41. The summed E-state index contributed by atoms with van der Waals surface area (Å²) in [7, 11) is 2.22. The van der Waals surface area contributed by atoms with Crippen molar-refractivity contribution in [2.24, 2.45) is 5.73 Å². The van der Waals surface area contributed by atoms with Crippen molar-refractivity contribution in [1.82, 2.24) is 9.80 Å². The summed E-state index contributed by atoms with van der Waals surface area (Å²) in [5.41, 5.74) is 6.34. The molecule has 0 aromatic carbocycles. The van der Waals surface area contributed by atoms with E-state index in [1.54, 1.807) is 0 Å². The highest BCUT2D eigenvalue weighted by Crippen LogP contribution is 2.33. The average Bonchev–Trinajstić information content (AvgIpc) is 2.34. The lowest BCUT2D eigenvalue weighted by Gasteiger charge is -2.53. The van der Waals surface area contributed by atoms with Crippen LogP contribution in [0.3, 0.4) is 0 Å². The maximum absolute atomic E-state index is 6.14. The second-order valence-electron chi connectivity index (χ2n) is 5.83. The van der Waals surface area contributed by atoms with Gasteiger partial charge in [0.25, 0.3) is 0 Å². The maximum atomic E-state index is 6.14. The van der Waals surface area contributed by atoms with E-state index in [9.17, 15) is 0 Å². The molecule has 0 bridgehead atoms. The van der Waals surface area contributed by atoms with Crippen LogP contribution in [0.25, 0.3) is 0 Å². The van der Waals surface area contributed by atoms with Crippen LogP contribution in [-0.2, 0) is 4.74 Å². The predicted molar refractivity (Wildman–Crippen MR) is 70.1 cm³/mol. The summed E-state index contributed by atoms with van der Waals surface area (Å²) < 4.78 is 5.55. The summed E-state index contributed by atoms with van der Waals surface area (Å²) in [6, 6.07) is 1.13. The van der Waals surface area contributed by atoms with Crippen molar-refractivity contribution >= 4 is 0 Å². The van der Waals surface area contributed by atoms with Crippen LogP contribution >= 0.6 is 0 Å². The maximum Gasteiger partial charge on any atom is 0.0620 e. The Balaban J connectivity index is 2.13. The Kier molecular flexibility index (Phi) is 4.08. The summed E-state index contributed by atoms with van der Waals surface area (Å²) in [5, 5.41) is 0. The number of rotatable bonds is 2. The molecule has 0 spiro atoms. The third kappa shape index (κ3) is 2.50. The van der Waals surface area contributed by atoms with Crippen LogP contribution in [0.5, 0.6) is 0 Å². The van der Waals surface area contributed by atoms with Gasteiger partial charge in [0.15, 0.2) is 0 Å². The molecule has 2 fully saturated rings. The molecule has 0 aliphatic carbocycles. The molecule has 2 aliphatic heterocycles. The first kappa shape index (κ1) is 13.3. The van der Waals surface area contributed by atoms with Gasteiger partial charge in [0.2, 0.25) is 0 Å². The van der Waals surface area contributed by atoms with Crippen LogP contribution in [0.1, 0.15) is 26.7 Å². The average molecular weight is 241 g/mol. The third-order valence-electron chi connectivity index (χ3n) is 4.71. The number of piperidine rings is 1. The van der Waals surface area contributed by atoms with Crippen LogP contribution in [0.2, 0.25) is 0 Å². The Bertz CT molecular complexity index is 261. The first-order valence-electron chi connectivity index (χ1n) is 6.84. The lowest BCUT2D eigenvalue weighted by atomic mass is 9.81. The van der Waals surface area contributed by atoms with E-state index in [2.05, 4.69) is 30.7 Å². The molecule has 3 atom stereocenters. The van der Waals surface area contributed by atoms with Crippen molar-refractivity contribution in [2.75, 3.05) is 39.9 Å². The van der Waals surface area contributed by atoms with Crippen molar-refractivity contribution in [1.29, 1.82) is 0 Å². The number of hydrogen-bond donors (Lipinski definition) is 1. The van der Waals surface area contributed by atoms with E-state index >= 15 is 0 Å². The van der Waals surface area contributed by atoms with E-state index in [4.69, 9.17) is 10.5 Å². The Morgan fingerprint density at radius 3 is 2.65 bits per heavy atom. The Hall–Kier alpha value is -0.160. The van der Waals surface area contributed by atoms with Crippen LogP contribution in [0.15, 0.2) is 0 Å². The molecule has 2 heterocycles. The predicted octanol–water partition coefficient (Wildman–Crippen LogP) is 0.519. The third-order valence-corrected chi connectivity index (χ3v) is 4.71. The highest BCUT2D eigenvalue weighted by Gasteiger charge is 2.43. The molecule has 4 nitrogen and oxygen atoms in total. The van der Waals surface area contributed by atoms with Crippen molar-refractivity contribution < 1.29 is 4.74 Å². The van der Waals surface area contributed by atoms with E-state index < -0.39 is 0 Å². The smallest absolute Gasteiger partial charge is 0.0620 e. The largest absolute Gasteiger partial charge is 0.379 e. The zero-order valence-electron chi connectivity index (χ0n) is 11.5. The molecule has 0 radical (unpaired) electrons. The summed E-state index contributed by atoms with van der Waals surface area (Å²) in [6.07, 6.45) is 2.37. The molecule has 0 aromatic heterocycles. The molecule has 0 saturated carbocycles. The van der Waals surface area contributed by atoms with Crippen LogP contribution in [0, 0.1) is 0 Å². The van der Waals surface area contributed by atoms with E-state index in [-0.39, 0.29) is 5.54 Å². The summed E-state index contributed by atoms with van der Waals surface area (Å²) in [5.74, 6) is 0. The molecule has 0 aromatic rings. The first-order valence-corrected chi connectivity index (χ1v) is 6.84. The molecule has 2 N–H and O–H groups in total. The number of nitrogens with zero attached hydrogens (tertiary/aromatic N) is 2. The van der Waals surface area contributed by atoms with Gasteiger partial charge < -0.3 is 15.4 Å². The lowest BCUT2D eigenvalue weighted by Crippen LogP contribution is -2.65. The minimum atomic E-state index is 0.203. The van der Waals surface area contributed by atoms with Crippen LogP contribution in [0.4, 0.5) is 0 Å². The van der Waals surface area contributed by atoms with Crippen molar-refractivity contribution in [2.45, 2.75) is 44.3 Å². The van der Waals surface area contributed by atoms with Gasteiger partial charge in [-0.2, -0.15) is 0 Å². The normalized spacial score (nSPS) is 41.6.